The van der Waals surface area contributed by atoms with Crippen LogP contribution in [0, 0.1) is 12.7 Å². The molecular formula is C16H18FN4O2S+. The highest BCUT2D eigenvalue weighted by Gasteiger charge is 2.34. The van der Waals surface area contributed by atoms with Crippen LogP contribution in [0.1, 0.15) is 22.3 Å². The first kappa shape index (κ1) is 15.5. The van der Waals surface area contributed by atoms with Gasteiger partial charge in [-0.25, -0.2) is 9.37 Å². The molecule has 6 nitrogen and oxygen atoms in total. The quantitative estimate of drug-likeness (QED) is 0.739. The summed E-state index contributed by atoms with van der Waals surface area (Å²) in [5.41, 5.74) is 0.837. The summed E-state index contributed by atoms with van der Waals surface area (Å²) in [6.07, 6.45) is 0. The molecule has 2 aromatic heterocycles. The van der Waals surface area contributed by atoms with E-state index in [1.807, 2.05) is 6.07 Å². The van der Waals surface area contributed by atoms with Gasteiger partial charge in [0.1, 0.15) is 29.6 Å². The molecule has 126 valence electrons. The molecule has 1 atom stereocenters. The van der Waals surface area contributed by atoms with E-state index in [2.05, 4.69) is 10.1 Å². The molecule has 0 radical (unpaired) electrons. The number of hydrogen-bond acceptors (Lipinski definition) is 5. The van der Waals surface area contributed by atoms with Crippen LogP contribution in [0.15, 0.2) is 24.3 Å². The number of nitrogens with one attached hydrogen (secondary N) is 1. The van der Waals surface area contributed by atoms with Gasteiger partial charge in [0.05, 0.1) is 13.2 Å². The van der Waals surface area contributed by atoms with Gasteiger partial charge in [-0.05, 0) is 19.1 Å². The second kappa shape index (κ2) is 6.12. The Bertz CT molecular complexity index is 872. The number of rotatable bonds is 3. The zero-order valence-electron chi connectivity index (χ0n) is 13.2. The van der Waals surface area contributed by atoms with Crippen molar-refractivity contribution in [3.8, 4) is 5.88 Å². The van der Waals surface area contributed by atoms with Crippen molar-refractivity contribution in [2.24, 2.45) is 0 Å². The molecule has 0 amide bonds. The lowest BCUT2D eigenvalue weighted by Gasteiger charge is -2.31. The number of halogens is 1. The van der Waals surface area contributed by atoms with E-state index in [0.29, 0.717) is 24.0 Å². The average Bonchev–Trinajstić information content (AvgIpc) is 3.07. The fourth-order valence-electron chi connectivity index (χ4n) is 3.22. The number of aromatic hydroxyl groups is 1. The van der Waals surface area contributed by atoms with Crippen LogP contribution in [0.2, 0.25) is 0 Å². The van der Waals surface area contributed by atoms with Crippen LogP contribution < -0.4 is 4.90 Å². The number of aryl methyl sites for hydroxylation is 1. The normalized spacial score (nSPS) is 17.4. The molecule has 2 N–H and O–H groups in total. The van der Waals surface area contributed by atoms with E-state index in [1.165, 1.54) is 32.9 Å². The van der Waals surface area contributed by atoms with Gasteiger partial charge in [-0.3, -0.25) is 0 Å². The smallest absolute Gasteiger partial charge is 0.235 e. The third-order valence-corrected chi connectivity index (χ3v) is 5.38. The molecule has 8 heteroatoms. The lowest BCUT2D eigenvalue weighted by molar-refractivity contribution is -0.932. The summed E-state index contributed by atoms with van der Waals surface area (Å²) in [7, 11) is 0. The van der Waals surface area contributed by atoms with E-state index in [1.54, 1.807) is 13.0 Å². The highest BCUT2D eigenvalue weighted by atomic mass is 32.1. The standard InChI is InChI=1S/C16H17FN4O2S/c1-10-18-16-21(19-10)15(22)14(24-16)13(20-5-7-23-8-6-20)11-3-2-4-12(17)9-11/h2-4,9,13,22H,5-8H2,1H3/p+1/t13-/m1/s1. The maximum Gasteiger partial charge on any atom is 0.235 e. The summed E-state index contributed by atoms with van der Waals surface area (Å²) in [6.45, 7) is 4.69. The average molecular weight is 349 g/mol. The molecular weight excluding hydrogens is 331 g/mol. The van der Waals surface area contributed by atoms with Crippen molar-refractivity contribution in [2.75, 3.05) is 26.3 Å². The Labute approximate surface area is 142 Å². The highest BCUT2D eigenvalue weighted by molar-refractivity contribution is 7.17. The molecule has 3 heterocycles. The molecule has 3 aromatic rings. The number of ether oxygens (including phenoxy) is 1. The monoisotopic (exact) mass is 349 g/mol. The summed E-state index contributed by atoms with van der Waals surface area (Å²) < 4.78 is 20.7. The van der Waals surface area contributed by atoms with Crippen LogP contribution in [0.5, 0.6) is 5.88 Å². The predicted molar refractivity (Wildman–Crippen MR) is 87.0 cm³/mol. The molecule has 1 fully saturated rings. The number of benzene rings is 1. The van der Waals surface area contributed by atoms with E-state index in [-0.39, 0.29) is 17.7 Å². The fraction of sp³-hybridized carbons (Fsp3) is 0.375. The number of quaternary nitrogens is 1. The molecule has 0 unspecified atom stereocenters. The number of thiazole rings is 1. The number of aromatic nitrogens is 3. The molecule has 0 spiro atoms. The molecule has 1 aromatic carbocycles. The minimum Gasteiger partial charge on any atom is -0.492 e. The van der Waals surface area contributed by atoms with Gasteiger partial charge in [0.15, 0.2) is 6.04 Å². The van der Waals surface area contributed by atoms with E-state index >= 15 is 0 Å². The van der Waals surface area contributed by atoms with Crippen LogP contribution in [-0.2, 0) is 4.74 Å². The van der Waals surface area contributed by atoms with Crippen molar-refractivity contribution in [1.82, 2.24) is 14.6 Å². The van der Waals surface area contributed by atoms with Crippen LogP contribution >= 0.6 is 11.3 Å². The van der Waals surface area contributed by atoms with Crippen LogP contribution in [0.3, 0.4) is 0 Å². The topological polar surface area (TPSA) is 64.1 Å². The predicted octanol–water partition coefficient (Wildman–Crippen LogP) is 0.948. The van der Waals surface area contributed by atoms with E-state index < -0.39 is 0 Å². The molecule has 0 aliphatic carbocycles. The van der Waals surface area contributed by atoms with Crippen molar-refractivity contribution >= 4 is 16.3 Å². The van der Waals surface area contributed by atoms with E-state index in [9.17, 15) is 9.50 Å². The number of morpholine rings is 1. The van der Waals surface area contributed by atoms with E-state index in [0.717, 1.165) is 23.5 Å². The van der Waals surface area contributed by atoms with Crippen molar-refractivity contribution in [1.29, 1.82) is 0 Å². The zero-order chi connectivity index (χ0) is 16.7. The number of hydrogen-bond donors (Lipinski definition) is 2. The molecule has 4 rings (SSSR count). The van der Waals surface area contributed by atoms with Crippen LogP contribution in [0.25, 0.3) is 4.96 Å². The molecule has 0 bridgehead atoms. The first-order valence-corrected chi connectivity index (χ1v) is 8.68. The Kier molecular flexibility index (Phi) is 3.95. The minimum atomic E-state index is -0.278. The second-order valence-corrected chi connectivity index (χ2v) is 6.91. The van der Waals surface area contributed by atoms with Crippen LogP contribution in [-0.4, -0.2) is 46.0 Å². The fourth-order valence-corrected chi connectivity index (χ4v) is 4.40. The van der Waals surface area contributed by atoms with Gasteiger partial charge in [0.2, 0.25) is 10.8 Å². The molecule has 24 heavy (non-hydrogen) atoms. The van der Waals surface area contributed by atoms with Crippen LogP contribution in [0.4, 0.5) is 4.39 Å². The van der Waals surface area contributed by atoms with Gasteiger partial charge in [0.25, 0.3) is 0 Å². The van der Waals surface area contributed by atoms with Gasteiger partial charge >= 0.3 is 0 Å². The summed E-state index contributed by atoms with van der Waals surface area (Å²) >= 11 is 1.40. The second-order valence-electron chi connectivity index (χ2n) is 5.90. The molecule has 1 saturated heterocycles. The largest absolute Gasteiger partial charge is 0.492 e. The molecule has 0 saturated carbocycles. The van der Waals surface area contributed by atoms with Gasteiger partial charge in [-0.15, -0.1) is 5.10 Å². The summed E-state index contributed by atoms with van der Waals surface area (Å²) in [5, 5.41) is 14.9. The highest BCUT2D eigenvalue weighted by Crippen LogP contribution is 2.35. The van der Waals surface area contributed by atoms with Crippen molar-refractivity contribution in [3.05, 3.63) is 46.3 Å². The first-order valence-electron chi connectivity index (χ1n) is 7.86. The van der Waals surface area contributed by atoms with Gasteiger partial charge in [0, 0.05) is 5.56 Å². The molecule has 1 aliphatic heterocycles. The van der Waals surface area contributed by atoms with Gasteiger partial charge < -0.3 is 14.7 Å². The number of fused-ring (bicyclic) bond motifs is 1. The molecule has 1 aliphatic rings. The van der Waals surface area contributed by atoms with Crippen molar-refractivity contribution < 1.29 is 19.1 Å². The lowest BCUT2D eigenvalue weighted by Crippen LogP contribution is -3.14. The van der Waals surface area contributed by atoms with E-state index in [4.69, 9.17) is 4.74 Å². The third-order valence-electron chi connectivity index (χ3n) is 4.29. The Morgan fingerprint density at radius 1 is 1.38 bits per heavy atom. The Hall–Kier alpha value is -2.03. The first-order chi connectivity index (χ1) is 11.6. The number of nitrogens with zero attached hydrogens (tertiary/aromatic N) is 3. The Morgan fingerprint density at radius 2 is 2.17 bits per heavy atom. The summed E-state index contributed by atoms with van der Waals surface area (Å²) in [6, 6.07) is 6.40. The Balaban J connectivity index is 1.84. The maximum absolute atomic E-state index is 13.8. The summed E-state index contributed by atoms with van der Waals surface area (Å²) in [4.78, 5) is 6.98. The minimum absolute atomic E-state index is 0.0869. The third kappa shape index (κ3) is 2.66. The van der Waals surface area contributed by atoms with Crippen molar-refractivity contribution in [2.45, 2.75) is 13.0 Å². The van der Waals surface area contributed by atoms with Gasteiger partial charge in [-0.1, -0.05) is 23.5 Å². The summed E-state index contributed by atoms with van der Waals surface area (Å²) in [5.74, 6) is 0.424. The van der Waals surface area contributed by atoms with Gasteiger partial charge in [-0.2, -0.15) is 4.52 Å². The Morgan fingerprint density at radius 3 is 2.88 bits per heavy atom. The van der Waals surface area contributed by atoms with Crippen molar-refractivity contribution in [3.63, 3.8) is 0 Å². The maximum atomic E-state index is 13.8. The lowest BCUT2D eigenvalue weighted by atomic mass is 10.0. The zero-order valence-corrected chi connectivity index (χ0v) is 14.0. The SMILES string of the molecule is Cc1nc2sc([C@@H](c3cccc(F)c3)[NH+]3CCOCC3)c(O)n2n1.